The molecule has 0 unspecified atom stereocenters. The van der Waals surface area contributed by atoms with Gasteiger partial charge in [0, 0.05) is 19.2 Å². The number of carboxylic acids is 1. The fourth-order valence-corrected chi connectivity index (χ4v) is 2.39. The molecule has 1 aromatic carbocycles. The summed E-state index contributed by atoms with van der Waals surface area (Å²) >= 11 is 0. The lowest BCUT2D eigenvalue weighted by atomic mass is 10.2. The van der Waals surface area contributed by atoms with E-state index in [1.807, 2.05) is 0 Å². The van der Waals surface area contributed by atoms with Crippen molar-refractivity contribution in [1.29, 1.82) is 0 Å². The van der Waals surface area contributed by atoms with Crippen molar-refractivity contribution in [3.63, 3.8) is 0 Å². The molecule has 0 radical (unpaired) electrons. The molecular weight excluding hydrogens is 322 g/mol. The Labute approximate surface area is 135 Å². The third kappa shape index (κ3) is 8.20. The van der Waals surface area contributed by atoms with Gasteiger partial charge < -0.3 is 15.2 Å². The van der Waals surface area contributed by atoms with Crippen LogP contribution in [0.5, 0.6) is 5.75 Å². The van der Waals surface area contributed by atoms with Gasteiger partial charge in [0.2, 0.25) is 5.91 Å². The molecule has 0 aliphatic heterocycles. The van der Waals surface area contributed by atoms with Crippen LogP contribution in [0.1, 0.15) is 25.7 Å². The monoisotopic (exact) mass is 343 g/mol. The molecule has 7 nitrogen and oxygen atoms in total. The number of sulfone groups is 1. The lowest BCUT2D eigenvalue weighted by Gasteiger charge is -2.07. The minimum atomic E-state index is -3.21. The fraction of sp³-hybridized carbons (Fsp3) is 0.467. The van der Waals surface area contributed by atoms with Crippen molar-refractivity contribution in [2.24, 2.45) is 0 Å². The molecule has 0 aliphatic carbocycles. The summed E-state index contributed by atoms with van der Waals surface area (Å²) in [5.41, 5.74) is 0. The van der Waals surface area contributed by atoms with E-state index in [4.69, 9.17) is 9.84 Å². The van der Waals surface area contributed by atoms with Gasteiger partial charge in [-0.25, -0.2) is 8.42 Å². The Hall–Kier alpha value is -2.09. The second-order valence-corrected chi connectivity index (χ2v) is 7.06. The van der Waals surface area contributed by atoms with Crippen molar-refractivity contribution in [1.82, 2.24) is 5.32 Å². The molecule has 0 saturated heterocycles. The van der Waals surface area contributed by atoms with Crippen molar-refractivity contribution in [2.45, 2.75) is 30.6 Å². The van der Waals surface area contributed by atoms with E-state index in [0.717, 1.165) is 6.26 Å². The highest BCUT2D eigenvalue weighted by Gasteiger charge is 2.06. The number of unbranched alkanes of at least 4 members (excludes halogenated alkanes) is 1. The maximum Gasteiger partial charge on any atom is 0.305 e. The predicted molar refractivity (Wildman–Crippen MR) is 84.2 cm³/mol. The predicted octanol–water partition coefficient (Wildman–Crippen LogP) is 1.23. The van der Waals surface area contributed by atoms with Crippen molar-refractivity contribution in [3.05, 3.63) is 24.3 Å². The third-order valence-electron chi connectivity index (χ3n) is 2.98. The summed E-state index contributed by atoms with van der Waals surface area (Å²) in [6.07, 6.45) is 2.67. The molecule has 1 amide bonds. The zero-order valence-electron chi connectivity index (χ0n) is 12.9. The minimum absolute atomic E-state index is 0.0850. The summed E-state index contributed by atoms with van der Waals surface area (Å²) in [6.45, 7) is 0.554. The first-order valence-electron chi connectivity index (χ1n) is 7.20. The molecule has 128 valence electrons. The van der Waals surface area contributed by atoms with E-state index in [9.17, 15) is 18.0 Å². The number of carbonyl (C=O) groups excluding carboxylic acids is 1. The van der Waals surface area contributed by atoms with Crippen LogP contribution in [-0.2, 0) is 19.4 Å². The summed E-state index contributed by atoms with van der Waals surface area (Å²) in [5, 5.41) is 11.0. The number of ether oxygens (including phenoxy) is 1. The number of nitrogens with one attached hydrogen (secondary N) is 1. The van der Waals surface area contributed by atoms with Gasteiger partial charge >= 0.3 is 5.97 Å². The molecule has 23 heavy (non-hydrogen) atoms. The van der Waals surface area contributed by atoms with Crippen LogP contribution < -0.4 is 10.1 Å². The van der Waals surface area contributed by atoms with Crippen molar-refractivity contribution in [2.75, 3.05) is 19.4 Å². The third-order valence-corrected chi connectivity index (χ3v) is 4.11. The first-order chi connectivity index (χ1) is 10.8. The van der Waals surface area contributed by atoms with Gasteiger partial charge in [0.05, 0.1) is 17.9 Å². The van der Waals surface area contributed by atoms with E-state index in [0.29, 0.717) is 31.6 Å². The standard InChI is InChI=1S/C15H21NO6S/c1-23(20,21)13-7-5-12(6-8-13)22-11-3-2-4-14(17)16-10-9-15(18)19/h5-8H,2-4,9-11H2,1H3,(H,16,17)(H,18,19). The number of hydrogen-bond donors (Lipinski definition) is 2. The highest BCUT2D eigenvalue weighted by molar-refractivity contribution is 7.90. The SMILES string of the molecule is CS(=O)(=O)c1ccc(OCCCCC(=O)NCCC(=O)O)cc1. The minimum Gasteiger partial charge on any atom is -0.494 e. The number of hydrogen-bond acceptors (Lipinski definition) is 5. The second-order valence-electron chi connectivity index (χ2n) is 5.04. The molecule has 2 N–H and O–H groups in total. The quantitative estimate of drug-likeness (QED) is 0.618. The molecule has 0 saturated carbocycles. The van der Waals surface area contributed by atoms with Gasteiger partial charge in [0.1, 0.15) is 5.75 Å². The highest BCUT2D eigenvalue weighted by Crippen LogP contribution is 2.16. The van der Waals surface area contributed by atoms with Crippen LogP contribution in [-0.4, -0.2) is 44.8 Å². The molecular formula is C15H21NO6S. The van der Waals surface area contributed by atoms with Gasteiger partial charge in [-0.1, -0.05) is 0 Å². The first kappa shape index (κ1) is 19.0. The maximum absolute atomic E-state index is 11.4. The Morgan fingerprint density at radius 3 is 2.35 bits per heavy atom. The van der Waals surface area contributed by atoms with E-state index in [-0.39, 0.29) is 23.8 Å². The molecule has 1 rings (SSSR count). The van der Waals surface area contributed by atoms with Crippen molar-refractivity contribution >= 4 is 21.7 Å². The summed E-state index contributed by atoms with van der Waals surface area (Å²) in [7, 11) is -3.21. The maximum atomic E-state index is 11.4. The second kappa shape index (κ2) is 9.14. The van der Waals surface area contributed by atoms with Gasteiger partial charge in [0.15, 0.2) is 9.84 Å². The lowest BCUT2D eigenvalue weighted by Crippen LogP contribution is -2.25. The Balaban J connectivity index is 2.18. The van der Waals surface area contributed by atoms with Gasteiger partial charge in [0.25, 0.3) is 0 Å². The van der Waals surface area contributed by atoms with E-state index in [2.05, 4.69) is 5.32 Å². The van der Waals surface area contributed by atoms with Crippen molar-refractivity contribution in [3.8, 4) is 5.75 Å². The van der Waals surface area contributed by atoms with Gasteiger partial charge in [-0.2, -0.15) is 0 Å². The van der Waals surface area contributed by atoms with Gasteiger partial charge in [-0.05, 0) is 37.1 Å². The number of aliphatic carboxylic acids is 1. The molecule has 0 heterocycles. The smallest absolute Gasteiger partial charge is 0.305 e. The average molecular weight is 343 g/mol. The zero-order valence-corrected chi connectivity index (χ0v) is 13.8. The number of rotatable bonds is 10. The van der Waals surface area contributed by atoms with Crippen LogP contribution in [0.2, 0.25) is 0 Å². The van der Waals surface area contributed by atoms with Crippen molar-refractivity contribution < 1.29 is 27.9 Å². The Bertz CT molecular complexity index is 624. The Morgan fingerprint density at radius 1 is 1.13 bits per heavy atom. The van der Waals surface area contributed by atoms with E-state index >= 15 is 0 Å². The van der Waals surface area contributed by atoms with Crippen LogP contribution in [0, 0.1) is 0 Å². The molecule has 8 heteroatoms. The zero-order chi connectivity index (χ0) is 17.3. The average Bonchev–Trinajstić information content (AvgIpc) is 2.46. The Kier molecular flexibility index (Phi) is 7.53. The number of carbonyl (C=O) groups is 2. The van der Waals surface area contributed by atoms with Gasteiger partial charge in [-0.3, -0.25) is 9.59 Å². The molecule has 0 aliphatic rings. The summed E-state index contributed by atoms with van der Waals surface area (Å²) in [6, 6.07) is 6.16. The molecule has 0 fully saturated rings. The fourth-order valence-electron chi connectivity index (χ4n) is 1.76. The van der Waals surface area contributed by atoms with E-state index in [1.165, 1.54) is 12.1 Å². The van der Waals surface area contributed by atoms with Crippen LogP contribution in [0.3, 0.4) is 0 Å². The molecule has 0 atom stereocenters. The summed E-state index contributed by atoms with van der Waals surface area (Å²) in [4.78, 5) is 21.9. The summed E-state index contributed by atoms with van der Waals surface area (Å²) < 4.78 is 28.1. The molecule has 0 spiro atoms. The van der Waals surface area contributed by atoms with Crippen LogP contribution in [0.15, 0.2) is 29.2 Å². The number of carboxylic acid groups (broad SMARTS) is 1. The highest BCUT2D eigenvalue weighted by atomic mass is 32.2. The number of benzene rings is 1. The lowest BCUT2D eigenvalue weighted by molar-refractivity contribution is -0.136. The molecule has 0 aromatic heterocycles. The van der Waals surface area contributed by atoms with Crippen LogP contribution in [0.4, 0.5) is 0 Å². The summed E-state index contributed by atoms with van der Waals surface area (Å²) in [5.74, 6) is -0.548. The first-order valence-corrected chi connectivity index (χ1v) is 9.09. The molecule has 1 aromatic rings. The van der Waals surface area contributed by atoms with E-state index < -0.39 is 15.8 Å². The van der Waals surface area contributed by atoms with Gasteiger partial charge in [-0.15, -0.1) is 0 Å². The number of amides is 1. The van der Waals surface area contributed by atoms with E-state index in [1.54, 1.807) is 12.1 Å². The molecule has 0 bridgehead atoms. The largest absolute Gasteiger partial charge is 0.494 e. The Morgan fingerprint density at radius 2 is 1.78 bits per heavy atom. The topological polar surface area (TPSA) is 110 Å². The van der Waals surface area contributed by atoms with Crippen LogP contribution in [0.25, 0.3) is 0 Å². The normalized spacial score (nSPS) is 11.0. The van der Waals surface area contributed by atoms with Crippen LogP contribution >= 0.6 is 0 Å².